The Bertz CT molecular complexity index is 1230. The van der Waals surface area contributed by atoms with Crippen molar-refractivity contribution in [2.24, 2.45) is 22.5 Å². The van der Waals surface area contributed by atoms with Crippen molar-refractivity contribution in [2.75, 3.05) is 0 Å². The molecule has 1 aromatic carbocycles. The maximum atomic E-state index is 13.7. The summed E-state index contributed by atoms with van der Waals surface area (Å²) in [4.78, 5) is 25.7. The Morgan fingerprint density at radius 1 is 1.12 bits per heavy atom. The first-order chi connectivity index (χ1) is 18.7. The molecule has 0 radical (unpaired) electrons. The van der Waals surface area contributed by atoms with Crippen LogP contribution in [0.3, 0.4) is 0 Å². The van der Waals surface area contributed by atoms with Gasteiger partial charge in [0.1, 0.15) is 29.0 Å². The average Bonchev–Trinajstić information content (AvgIpc) is 3.14. The highest BCUT2D eigenvalue weighted by atomic mass is 16.6. The third kappa shape index (κ3) is 3.78. The van der Waals surface area contributed by atoms with Gasteiger partial charge in [0.25, 0.3) is 0 Å². The molecule has 5 rings (SSSR count). The number of rotatable bonds is 5. The van der Waals surface area contributed by atoms with Gasteiger partial charge >= 0.3 is 11.9 Å². The Morgan fingerprint density at radius 3 is 2.50 bits per heavy atom. The third-order valence-corrected chi connectivity index (χ3v) is 11.3. The maximum absolute atomic E-state index is 13.7. The van der Waals surface area contributed by atoms with E-state index in [9.17, 15) is 30.0 Å². The highest BCUT2D eigenvalue weighted by Gasteiger charge is 2.81. The summed E-state index contributed by atoms with van der Waals surface area (Å²) >= 11 is 0. The summed E-state index contributed by atoms with van der Waals surface area (Å²) in [5, 5.41) is 48.0. The lowest BCUT2D eigenvalue weighted by atomic mass is 9.42. The molecule has 9 heteroatoms. The number of nitrogens with two attached hydrogens (primary N) is 1. The number of ether oxygens (including phenoxy) is 2. The van der Waals surface area contributed by atoms with Crippen molar-refractivity contribution in [3.63, 3.8) is 0 Å². The number of benzene rings is 1. The average molecular weight is 558 g/mol. The van der Waals surface area contributed by atoms with Gasteiger partial charge in [0, 0.05) is 19.4 Å². The van der Waals surface area contributed by atoms with Crippen molar-refractivity contribution in [1.82, 2.24) is 0 Å². The van der Waals surface area contributed by atoms with Gasteiger partial charge in [-0.1, -0.05) is 43.7 Å². The van der Waals surface area contributed by atoms with E-state index < -0.39 is 63.8 Å². The van der Waals surface area contributed by atoms with E-state index in [4.69, 9.17) is 15.2 Å². The lowest BCUT2D eigenvalue weighted by Crippen LogP contribution is -2.78. The molecule has 40 heavy (non-hydrogen) atoms. The number of carbonyl (C=O) groups excluding carboxylic acids is 2. The molecule has 6 N–H and O–H groups in total. The molecule has 0 spiro atoms. The van der Waals surface area contributed by atoms with Crippen LogP contribution in [0.25, 0.3) is 0 Å². The third-order valence-electron chi connectivity index (χ3n) is 11.3. The van der Waals surface area contributed by atoms with Crippen molar-refractivity contribution >= 4 is 11.9 Å². The Morgan fingerprint density at radius 2 is 1.82 bits per heavy atom. The first-order valence-electron chi connectivity index (χ1n) is 14.4. The molecule has 220 valence electrons. The second-order valence-corrected chi connectivity index (χ2v) is 13.0. The van der Waals surface area contributed by atoms with E-state index in [0.29, 0.717) is 30.4 Å². The van der Waals surface area contributed by atoms with E-state index in [0.717, 1.165) is 5.57 Å². The van der Waals surface area contributed by atoms with Gasteiger partial charge < -0.3 is 35.6 Å². The Hall–Kier alpha value is -2.30. The largest absolute Gasteiger partial charge is 0.460 e. The standard InChI is InChI=1S/C31H43NO8/c1-18(39-19(2)33)29(36)13-14-31(38)28(29,4)25(40-26(35)23-8-6-5-7-20(23)17-32)16-24-27(3)11-10-22(34)15-21(27)9-12-30(24,31)37/h5-9,18,22,24-25,34,36-38H,10-17,32H2,1-4H3/t18-,22-,24-,25+,27-,28+,29+,30-,31+/m0/s1. The zero-order chi connectivity index (χ0) is 29.3. The van der Waals surface area contributed by atoms with E-state index in [1.807, 2.05) is 6.08 Å². The molecular weight excluding hydrogens is 514 g/mol. The van der Waals surface area contributed by atoms with Crippen molar-refractivity contribution in [1.29, 1.82) is 0 Å². The zero-order valence-electron chi connectivity index (χ0n) is 23.9. The van der Waals surface area contributed by atoms with E-state index in [2.05, 4.69) is 6.92 Å². The van der Waals surface area contributed by atoms with Gasteiger partial charge in [-0.3, -0.25) is 4.79 Å². The van der Waals surface area contributed by atoms with Gasteiger partial charge in [-0.15, -0.1) is 0 Å². The van der Waals surface area contributed by atoms with Crippen LogP contribution in [0.4, 0.5) is 0 Å². The Kier molecular flexibility index (Phi) is 7.03. The molecular formula is C31H43NO8. The van der Waals surface area contributed by atoms with Gasteiger partial charge in [-0.25, -0.2) is 4.79 Å². The fraction of sp³-hybridized carbons (Fsp3) is 0.677. The number of aliphatic hydroxyl groups is 4. The lowest BCUT2D eigenvalue weighted by Gasteiger charge is -2.67. The summed E-state index contributed by atoms with van der Waals surface area (Å²) < 4.78 is 11.7. The van der Waals surface area contributed by atoms with Crippen LogP contribution in [0, 0.1) is 16.7 Å². The van der Waals surface area contributed by atoms with Crippen molar-refractivity contribution in [3.8, 4) is 0 Å². The van der Waals surface area contributed by atoms with E-state index in [-0.39, 0.29) is 32.2 Å². The first kappa shape index (κ1) is 29.2. The van der Waals surface area contributed by atoms with Crippen LogP contribution in [0.2, 0.25) is 0 Å². The van der Waals surface area contributed by atoms with Gasteiger partial charge in [-0.2, -0.15) is 0 Å². The number of fused-ring (bicyclic) bond motifs is 5. The summed E-state index contributed by atoms with van der Waals surface area (Å²) in [7, 11) is 0. The summed E-state index contributed by atoms with van der Waals surface area (Å²) in [6.45, 7) is 6.64. The fourth-order valence-electron chi connectivity index (χ4n) is 8.93. The molecule has 9 atom stereocenters. The minimum Gasteiger partial charge on any atom is -0.460 e. The van der Waals surface area contributed by atoms with E-state index in [1.165, 1.54) is 6.92 Å². The first-order valence-corrected chi connectivity index (χ1v) is 14.4. The summed E-state index contributed by atoms with van der Waals surface area (Å²) in [6, 6.07) is 6.88. The topological polar surface area (TPSA) is 160 Å². The highest BCUT2D eigenvalue weighted by molar-refractivity contribution is 5.91. The molecule has 0 heterocycles. The smallest absolute Gasteiger partial charge is 0.338 e. The quantitative estimate of drug-likeness (QED) is 0.271. The highest BCUT2D eigenvalue weighted by Crippen LogP contribution is 2.71. The molecule has 0 amide bonds. The van der Waals surface area contributed by atoms with Gasteiger partial charge in [-0.05, 0) is 68.9 Å². The SMILES string of the molecule is CC(=O)O[C@@H](C)[C@]1(O)CC[C@@]2(O)[C@]1(C)[C@H](OC(=O)c1ccccc1CN)C[C@H]1[C@@]3(C)CC[C@H](O)CC3=CC[C@]12O. The number of carbonyl (C=O) groups is 2. The molecule has 0 aromatic heterocycles. The number of hydrogen-bond acceptors (Lipinski definition) is 9. The summed E-state index contributed by atoms with van der Waals surface area (Å²) in [5.74, 6) is -1.74. The second-order valence-electron chi connectivity index (χ2n) is 13.0. The molecule has 9 nitrogen and oxygen atoms in total. The molecule has 3 fully saturated rings. The zero-order valence-corrected chi connectivity index (χ0v) is 23.9. The number of hydrogen-bond donors (Lipinski definition) is 5. The van der Waals surface area contributed by atoms with Crippen molar-refractivity contribution in [3.05, 3.63) is 47.0 Å². The molecule has 0 bridgehead atoms. The van der Waals surface area contributed by atoms with E-state index in [1.54, 1.807) is 38.1 Å². The van der Waals surface area contributed by atoms with Crippen LogP contribution in [-0.4, -0.2) is 67.5 Å². The van der Waals surface area contributed by atoms with Gasteiger partial charge in [0.15, 0.2) is 0 Å². The molecule has 0 saturated heterocycles. The van der Waals surface area contributed by atoms with E-state index >= 15 is 0 Å². The molecule has 4 aliphatic rings. The molecule has 4 aliphatic carbocycles. The Balaban J connectivity index is 1.65. The lowest BCUT2D eigenvalue weighted by molar-refractivity contribution is -0.324. The molecule has 3 saturated carbocycles. The van der Waals surface area contributed by atoms with Crippen molar-refractivity contribution in [2.45, 2.75) is 114 Å². The monoisotopic (exact) mass is 557 g/mol. The van der Waals surface area contributed by atoms with Crippen LogP contribution in [-0.2, 0) is 20.8 Å². The van der Waals surface area contributed by atoms with Crippen LogP contribution < -0.4 is 5.73 Å². The maximum Gasteiger partial charge on any atom is 0.338 e. The van der Waals surface area contributed by atoms with Gasteiger partial charge in [0.05, 0.1) is 17.1 Å². The molecule has 0 aliphatic heterocycles. The number of esters is 2. The number of aliphatic hydroxyl groups excluding tert-OH is 1. The summed E-state index contributed by atoms with van der Waals surface area (Å²) in [5.41, 5.74) is 0.342. The van der Waals surface area contributed by atoms with Gasteiger partial charge in [0.2, 0.25) is 0 Å². The van der Waals surface area contributed by atoms with Crippen molar-refractivity contribution < 1.29 is 39.5 Å². The van der Waals surface area contributed by atoms with Crippen LogP contribution in [0.15, 0.2) is 35.9 Å². The predicted octanol–water partition coefficient (Wildman–Crippen LogP) is 2.52. The van der Waals surface area contributed by atoms with Crippen LogP contribution in [0.1, 0.15) is 88.6 Å². The molecule has 0 unspecified atom stereocenters. The predicted molar refractivity (Wildman–Crippen MR) is 146 cm³/mol. The minimum absolute atomic E-state index is 0.0217. The molecule has 1 aromatic rings. The van der Waals surface area contributed by atoms with Crippen LogP contribution >= 0.6 is 0 Å². The fourth-order valence-corrected chi connectivity index (χ4v) is 8.93. The Labute approximate surface area is 235 Å². The summed E-state index contributed by atoms with van der Waals surface area (Å²) in [6.07, 6.45) is 1.39. The second kappa shape index (κ2) is 9.63. The van der Waals surface area contributed by atoms with Crippen LogP contribution in [0.5, 0.6) is 0 Å². The normalized spacial score (nSPS) is 43.0. The minimum atomic E-state index is -1.88.